The van der Waals surface area contributed by atoms with Crippen LogP contribution in [0.2, 0.25) is 0 Å². The number of hydrogen-bond donors (Lipinski definition) is 2. The number of morpholine rings is 1. The second kappa shape index (κ2) is 11.2. The summed E-state index contributed by atoms with van der Waals surface area (Å²) in [6.45, 7) is 8.40. The van der Waals surface area contributed by atoms with Crippen LogP contribution in [0.15, 0.2) is 48.5 Å². The average Bonchev–Trinajstić information content (AvgIpc) is 2.76. The van der Waals surface area contributed by atoms with Crippen molar-refractivity contribution in [2.75, 3.05) is 46.0 Å². The first kappa shape index (κ1) is 22.4. The molecular weight excluding hydrogens is 380 g/mol. The summed E-state index contributed by atoms with van der Waals surface area (Å²) >= 11 is 0. The van der Waals surface area contributed by atoms with Crippen molar-refractivity contribution in [1.82, 2.24) is 10.2 Å². The molecular formula is C24H32N2O4. The van der Waals surface area contributed by atoms with Crippen molar-refractivity contribution in [3.63, 3.8) is 0 Å². The van der Waals surface area contributed by atoms with Crippen molar-refractivity contribution in [2.24, 2.45) is 0 Å². The van der Waals surface area contributed by atoms with Gasteiger partial charge in [0.1, 0.15) is 18.5 Å². The monoisotopic (exact) mass is 412 g/mol. The summed E-state index contributed by atoms with van der Waals surface area (Å²) in [5, 5.41) is 13.9. The Hall–Kier alpha value is -2.25. The molecule has 0 radical (unpaired) electrons. The summed E-state index contributed by atoms with van der Waals surface area (Å²) in [7, 11) is 0. The predicted octanol–water partition coefficient (Wildman–Crippen LogP) is 2.60. The van der Waals surface area contributed by atoms with Crippen molar-refractivity contribution < 1.29 is 19.4 Å². The molecule has 2 atom stereocenters. The van der Waals surface area contributed by atoms with Crippen molar-refractivity contribution >= 4 is 5.78 Å². The second-order valence-electron chi connectivity index (χ2n) is 7.83. The van der Waals surface area contributed by atoms with Crippen LogP contribution in [0.4, 0.5) is 0 Å². The number of nitrogens with one attached hydrogen (secondary N) is 1. The summed E-state index contributed by atoms with van der Waals surface area (Å²) in [5.41, 5.74) is 3.03. The molecule has 1 fully saturated rings. The molecule has 0 aromatic heterocycles. The van der Waals surface area contributed by atoms with Crippen molar-refractivity contribution in [3.8, 4) is 5.75 Å². The molecule has 162 valence electrons. The van der Waals surface area contributed by atoms with Crippen LogP contribution in [0.25, 0.3) is 0 Å². The topological polar surface area (TPSA) is 71.0 Å². The van der Waals surface area contributed by atoms with Gasteiger partial charge < -0.3 is 19.9 Å². The summed E-state index contributed by atoms with van der Waals surface area (Å²) < 4.78 is 11.2. The zero-order valence-corrected chi connectivity index (χ0v) is 17.8. The first-order chi connectivity index (χ1) is 14.5. The van der Waals surface area contributed by atoms with Gasteiger partial charge in [-0.1, -0.05) is 42.0 Å². The molecule has 2 N–H and O–H groups in total. The molecule has 6 heteroatoms. The van der Waals surface area contributed by atoms with Crippen LogP contribution in [0.5, 0.6) is 5.75 Å². The maximum absolute atomic E-state index is 11.5. The number of aliphatic hydroxyl groups is 1. The van der Waals surface area contributed by atoms with Gasteiger partial charge in [-0.15, -0.1) is 0 Å². The summed E-state index contributed by atoms with van der Waals surface area (Å²) in [4.78, 5) is 13.9. The standard InChI is InChI=1S/C24H32N2O4/c1-18-6-8-20(9-7-18)24(16-26-10-12-29-13-11-26)25-15-22(28)17-30-23-5-3-4-21(14-23)19(2)27/h3-9,14,22,24-25,28H,10-13,15-17H2,1-2H3/t22-,24+/m1/s1. The van der Waals surface area contributed by atoms with E-state index < -0.39 is 6.10 Å². The number of nitrogens with zero attached hydrogens (tertiary/aromatic N) is 1. The molecule has 0 unspecified atom stereocenters. The summed E-state index contributed by atoms with van der Waals surface area (Å²) in [5.74, 6) is 0.580. The maximum Gasteiger partial charge on any atom is 0.159 e. The molecule has 1 heterocycles. The first-order valence-electron chi connectivity index (χ1n) is 10.5. The lowest BCUT2D eigenvalue weighted by molar-refractivity contribution is 0.0319. The third-order valence-corrected chi connectivity index (χ3v) is 5.31. The Kier molecular flexibility index (Phi) is 8.39. The molecule has 0 bridgehead atoms. The first-order valence-corrected chi connectivity index (χ1v) is 10.5. The lowest BCUT2D eigenvalue weighted by Gasteiger charge is -2.31. The van der Waals surface area contributed by atoms with Crippen LogP contribution in [-0.2, 0) is 4.74 Å². The number of carbonyl (C=O) groups excluding carboxylic acids is 1. The van der Waals surface area contributed by atoms with Gasteiger partial charge in [-0.2, -0.15) is 0 Å². The second-order valence-corrected chi connectivity index (χ2v) is 7.83. The van der Waals surface area contributed by atoms with Gasteiger partial charge in [0.15, 0.2) is 5.78 Å². The van der Waals surface area contributed by atoms with E-state index in [0.29, 0.717) is 17.9 Å². The fourth-order valence-corrected chi connectivity index (χ4v) is 3.46. The average molecular weight is 413 g/mol. The lowest BCUT2D eigenvalue weighted by atomic mass is 10.0. The van der Waals surface area contributed by atoms with E-state index in [1.54, 1.807) is 24.3 Å². The molecule has 0 saturated carbocycles. The van der Waals surface area contributed by atoms with Crippen molar-refractivity contribution in [1.29, 1.82) is 0 Å². The van der Waals surface area contributed by atoms with E-state index in [0.717, 1.165) is 32.8 Å². The minimum atomic E-state index is -0.663. The van der Waals surface area contributed by atoms with Gasteiger partial charge in [-0.3, -0.25) is 9.69 Å². The minimum absolute atomic E-state index is 0.00767. The Balaban J connectivity index is 1.55. The fraction of sp³-hybridized carbons (Fsp3) is 0.458. The number of aryl methyl sites for hydroxylation is 1. The number of rotatable bonds is 10. The van der Waals surface area contributed by atoms with Gasteiger partial charge in [-0.05, 0) is 31.5 Å². The summed E-state index contributed by atoms with van der Waals surface area (Å²) in [6, 6.07) is 15.7. The zero-order chi connectivity index (χ0) is 21.3. The highest BCUT2D eigenvalue weighted by molar-refractivity contribution is 5.94. The fourth-order valence-electron chi connectivity index (χ4n) is 3.46. The van der Waals surface area contributed by atoms with Gasteiger partial charge in [0.05, 0.1) is 13.2 Å². The molecule has 1 saturated heterocycles. The molecule has 0 spiro atoms. The van der Waals surface area contributed by atoms with E-state index in [4.69, 9.17) is 9.47 Å². The van der Waals surface area contributed by atoms with Gasteiger partial charge in [0.25, 0.3) is 0 Å². The van der Waals surface area contributed by atoms with E-state index in [2.05, 4.69) is 41.4 Å². The molecule has 3 rings (SSSR count). The van der Waals surface area contributed by atoms with Crippen molar-refractivity contribution in [3.05, 3.63) is 65.2 Å². The van der Waals surface area contributed by atoms with Crippen LogP contribution in [0.3, 0.4) is 0 Å². The van der Waals surface area contributed by atoms with E-state index in [9.17, 15) is 9.90 Å². The highest BCUT2D eigenvalue weighted by Crippen LogP contribution is 2.17. The predicted molar refractivity (Wildman–Crippen MR) is 117 cm³/mol. The molecule has 2 aromatic rings. The lowest BCUT2D eigenvalue weighted by Crippen LogP contribution is -2.43. The smallest absolute Gasteiger partial charge is 0.159 e. The number of Topliss-reactive ketones (excluding diaryl/α,β-unsaturated/α-hetero) is 1. The van der Waals surface area contributed by atoms with Crippen LogP contribution < -0.4 is 10.1 Å². The largest absolute Gasteiger partial charge is 0.491 e. The van der Waals surface area contributed by atoms with E-state index in [-0.39, 0.29) is 18.4 Å². The Labute approximate surface area is 178 Å². The molecule has 30 heavy (non-hydrogen) atoms. The Morgan fingerprint density at radius 2 is 1.93 bits per heavy atom. The number of carbonyl (C=O) groups is 1. The zero-order valence-electron chi connectivity index (χ0n) is 17.8. The van der Waals surface area contributed by atoms with Crippen LogP contribution in [-0.4, -0.2) is 67.9 Å². The number of benzene rings is 2. The Morgan fingerprint density at radius 3 is 2.63 bits per heavy atom. The molecule has 1 aliphatic rings. The minimum Gasteiger partial charge on any atom is -0.491 e. The van der Waals surface area contributed by atoms with Crippen LogP contribution >= 0.6 is 0 Å². The quantitative estimate of drug-likeness (QED) is 0.585. The molecule has 0 amide bonds. The molecule has 6 nitrogen and oxygen atoms in total. The van der Waals surface area contributed by atoms with Crippen LogP contribution in [0.1, 0.15) is 34.5 Å². The van der Waals surface area contributed by atoms with Crippen molar-refractivity contribution in [2.45, 2.75) is 26.0 Å². The molecule has 1 aliphatic heterocycles. The normalized spacial score (nSPS) is 16.8. The van der Waals surface area contributed by atoms with Gasteiger partial charge in [0.2, 0.25) is 0 Å². The van der Waals surface area contributed by atoms with Crippen LogP contribution in [0, 0.1) is 6.92 Å². The third-order valence-electron chi connectivity index (χ3n) is 5.31. The SMILES string of the molecule is CC(=O)c1cccc(OC[C@H](O)CN[C@@H](CN2CCOCC2)c2ccc(C)cc2)c1. The number of ether oxygens (including phenoxy) is 2. The summed E-state index contributed by atoms with van der Waals surface area (Å²) in [6.07, 6.45) is -0.663. The Morgan fingerprint density at radius 1 is 1.20 bits per heavy atom. The van der Waals surface area contributed by atoms with Gasteiger partial charge in [-0.25, -0.2) is 0 Å². The third kappa shape index (κ3) is 6.92. The Bertz CT molecular complexity index is 803. The number of hydrogen-bond acceptors (Lipinski definition) is 6. The van der Waals surface area contributed by atoms with Gasteiger partial charge in [0, 0.05) is 37.8 Å². The molecule has 0 aliphatic carbocycles. The highest BCUT2D eigenvalue weighted by atomic mass is 16.5. The number of ketones is 1. The van der Waals surface area contributed by atoms with E-state index in [1.165, 1.54) is 18.1 Å². The molecule has 2 aromatic carbocycles. The van der Waals surface area contributed by atoms with E-state index >= 15 is 0 Å². The highest BCUT2D eigenvalue weighted by Gasteiger charge is 2.19. The van der Waals surface area contributed by atoms with E-state index in [1.807, 2.05) is 0 Å². The number of aliphatic hydroxyl groups excluding tert-OH is 1. The van der Waals surface area contributed by atoms with Gasteiger partial charge >= 0.3 is 0 Å². The maximum atomic E-state index is 11.5.